The molecule has 6 nitrogen and oxygen atoms in total. The Balaban J connectivity index is 0.000000257. The lowest BCUT2D eigenvalue weighted by atomic mass is 10.0. The molecule has 2 heterocycles. The first kappa shape index (κ1) is 27.6. The average Bonchev–Trinajstić information content (AvgIpc) is 3.35. The van der Waals surface area contributed by atoms with Gasteiger partial charge in [0.15, 0.2) is 0 Å². The van der Waals surface area contributed by atoms with E-state index >= 15 is 0 Å². The lowest BCUT2D eigenvalue weighted by Crippen LogP contribution is -2.15. The third-order valence-electron chi connectivity index (χ3n) is 4.95. The van der Waals surface area contributed by atoms with E-state index in [4.69, 9.17) is 27.9 Å². The Bertz CT molecular complexity index is 1090. The van der Waals surface area contributed by atoms with Gasteiger partial charge in [0.2, 0.25) is 6.41 Å². The van der Waals surface area contributed by atoms with Gasteiger partial charge in [-0.3, -0.25) is 9.59 Å². The molecule has 8 heteroatoms. The van der Waals surface area contributed by atoms with Crippen LogP contribution in [0.3, 0.4) is 0 Å². The van der Waals surface area contributed by atoms with Gasteiger partial charge in [-0.2, -0.15) is 0 Å². The number of nitrogens with one attached hydrogen (secondary N) is 1. The lowest BCUT2D eigenvalue weighted by molar-refractivity contribution is -0.117. The largest absolute Gasteiger partial charge is 0.379 e. The molecule has 1 saturated heterocycles. The van der Waals surface area contributed by atoms with Crippen molar-refractivity contribution in [2.24, 2.45) is 0 Å². The molecular formula is C26H31Cl2N3O3. The molecule has 0 aliphatic carbocycles. The van der Waals surface area contributed by atoms with Gasteiger partial charge in [-0.05, 0) is 57.9 Å². The number of nitrogens with zero attached hydrogens (tertiary/aromatic N) is 2. The monoisotopic (exact) mass is 503 g/mol. The first-order chi connectivity index (χ1) is 16.1. The maximum atomic E-state index is 11.6. The highest BCUT2D eigenvalue weighted by Crippen LogP contribution is 2.29. The molecule has 1 fully saturated rings. The van der Waals surface area contributed by atoms with E-state index in [1.165, 1.54) is 19.0 Å². The number of hydrogen-bond acceptors (Lipinski definition) is 4. The van der Waals surface area contributed by atoms with Crippen molar-refractivity contribution in [1.29, 1.82) is 0 Å². The van der Waals surface area contributed by atoms with Crippen LogP contribution in [0.15, 0.2) is 59.5 Å². The number of methoxy groups -OCH3 is 1. The van der Waals surface area contributed by atoms with E-state index in [1.54, 1.807) is 36.3 Å². The zero-order chi connectivity index (χ0) is 25.1. The maximum Gasteiger partial charge on any atom is 0.266 e. The number of rotatable bonds is 3. The van der Waals surface area contributed by atoms with E-state index in [0.717, 1.165) is 30.6 Å². The smallest absolute Gasteiger partial charge is 0.266 e. The van der Waals surface area contributed by atoms with Crippen LogP contribution < -0.4 is 5.56 Å². The molecule has 182 valence electrons. The summed E-state index contributed by atoms with van der Waals surface area (Å²) in [6, 6.07) is 14.5. The van der Waals surface area contributed by atoms with Gasteiger partial charge in [0.25, 0.3) is 5.56 Å². The van der Waals surface area contributed by atoms with Crippen molar-refractivity contribution in [3.63, 3.8) is 0 Å². The number of likely N-dealkylation sites (tertiary alicyclic amines) is 1. The normalized spacial score (nSPS) is 12.8. The summed E-state index contributed by atoms with van der Waals surface area (Å²) in [5, 5.41) is 1.29. The molecular weight excluding hydrogens is 473 g/mol. The molecule has 4 rings (SSSR count). The molecule has 0 radical (unpaired) electrons. The van der Waals surface area contributed by atoms with E-state index in [-0.39, 0.29) is 11.2 Å². The molecule has 3 aromatic rings. The summed E-state index contributed by atoms with van der Waals surface area (Å²) in [4.78, 5) is 30.4. The summed E-state index contributed by atoms with van der Waals surface area (Å²) in [5.74, 6) is 0. The molecule has 1 aliphatic heterocycles. The Morgan fingerprint density at radius 2 is 1.41 bits per heavy atom. The molecule has 1 amide bonds. The number of carbonyl (C=O) groups excluding carboxylic acids is 1. The Morgan fingerprint density at radius 3 is 1.82 bits per heavy atom. The van der Waals surface area contributed by atoms with Gasteiger partial charge in [-0.25, -0.2) is 4.98 Å². The number of amides is 1. The molecule has 2 aromatic carbocycles. The number of H-pyrrole nitrogens is 1. The highest BCUT2D eigenvalue weighted by molar-refractivity contribution is 6.31. The van der Waals surface area contributed by atoms with Crippen LogP contribution in [0.25, 0.3) is 22.5 Å². The first-order valence-corrected chi connectivity index (χ1v) is 11.7. The highest BCUT2D eigenvalue weighted by Gasteiger charge is 2.10. The van der Waals surface area contributed by atoms with Gasteiger partial charge in [0.1, 0.15) is 0 Å². The van der Waals surface area contributed by atoms with Gasteiger partial charge >= 0.3 is 0 Å². The number of carbonyl (C=O) groups is 1. The van der Waals surface area contributed by atoms with Gasteiger partial charge in [-0.1, -0.05) is 47.5 Å². The Labute approximate surface area is 210 Å². The average molecular weight is 504 g/mol. The number of ether oxygens (including phenoxy) is 1. The number of benzene rings is 2. The molecule has 0 spiro atoms. The van der Waals surface area contributed by atoms with Gasteiger partial charge in [-0.15, -0.1) is 0 Å². The molecule has 34 heavy (non-hydrogen) atoms. The Kier molecular flexibility index (Phi) is 10.8. The lowest BCUT2D eigenvalue weighted by Gasteiger charge is -2.14. The standard InChI is InChI=1S/C16H10Cl2N2O.C5H9NO.C5H12O/c17-12-5-1-10(2-6-12)15-16(20-14(21)9-19-15)11-3-7-13(18)8-4-11;7-5-6-3-1-2-4-6;1-5(2,3)6-4/h1-9H,(H,20,21);5H,1-4H2;1-4H3. The maximum absolute atomic E-state index is 11.6. The predicted molar refractivity (Wildman–Crippen MR) is 139 cm³/mol. The van der Waals surface area contributed by atoms with Crippen LogP contribution in [0.1, 0.15) is 33.6 Å². The van der Waals surface area contributed by atoms with Crippen LogP contribution in [0.2, 0.25) is 10.0 Å². The quantitative estimate of drug-likeness (QED) is 0.439. The van der Waals surface area contributed by atoms with Crippen molar-refractivity contribution < 1.29 is 9.53 Å². The topological polar surface area (TPSA) is 75.3 Å². The molecule has 0 atom stereocenters. The van der Waals surface area contributed by atoms with Crippen LogP contribution in [-0.4, -0.2) is 47.1 Å². The van der Waals surface area contributed by atoms with Crippen molar-refractivity contribution >= 4 is 29.6 Å². The van der Waals surface area contributed by atoms with Crippen LogP contribution in [0.4, 0.5) is 0 Å². The van der Waals surface area contributed by atoms with E-state index in [9.17, 15) is 9.59 Å². The minimum absolute atomic E-state index is 0.0417. The van der Waals surface area contributed by atoms with Crippen molar-refractivity contribution in [3.8, 4) is 22.5 Å². The SMILES string of the molecule is COC(C)(C)C.O=CN1CCCC1.O=c1cnc(-c2ccc(Cl)cc2)c(-c2ccc(Cl)cc2)[nH]1. The summed E-state index contributed by atoms with van der Waals surface area (Å²) in [6.45, 7) is 8.01. The summed E-state index contributed by atoms with van der Waals surface area (Å²) >= 11 is 11.8. The minimum atomic E-state index is -0.252. The van der Waals surface area contributed by atoms with Crippen LogP contribution in [-0.2, 0) is 9.53 Å². The second kappa shape index (κ2) is 13.3. The van der Waals surface area contributed by atoms with Crippen LogP contribution in [0.5, 0.6) is 0 Å². The first-order valence-electron chi connectivity index (χ1n) is 11.0. The van der Waals surface area contributed by atoms with Crippen LogP contribution in [0, 0.1) is 0 Å². The molecule has 1 aliphatic rings. The number of hydrogen-bond donors (Lipinski definition) is 1. The van der Waals surface area contributed by atoms with Crippen molar-refractivity contribution in [1.82, 2.24) is 14.9 Å². The fraction of sp³-hybridized carbons (Fsp3) is 0.346. The van der Waals surface area contributed by atoms with E-state index in [0.29, 0.717) is 21.4 Å². The summed E-state index contributed by atoms with van der Waals surface area (Å²) in [6.07, 6.45) is 4.58. The third kappa shape index (κ3) is 9.29. The fourth-order valence-electron chi connectivity index (χ4n) is 2.90. The van der Waals surface area contributed by atoms with Crippen LogP contribution >= 0.6 is 23.2 Å². The number of aromatic amines is 1. The fourth-order valence-corrected chi connectivity index (χ4v) is 3.15. The van der Waals surface area contributed by atoms with E-state index in [1.807, 2.05) is 45.0 Å². The molecule has 0 saturated carbocycles. The molecule has 0 unspecified atom stereocenters. The van der Waals surface area contributed by atoms with Crippen molar-refractivity contribution in [3.05, 3.63) is 75.1 Å². The molecule has 1 N–H and O–H groups in total. The zero-order valence-electron chi connectivity index (χ0n) is 20.0. The van der Waals surface area contributed by atoms with E-state index in [2.05, 4.69) is 9.97 Å². The van der Waals surface area contributed by atoms with Gasteiger partial charge < -0.3 is 14.6 Å². The Morgan fingerprint density at radius 1 is 0.941 bits per heavy atom. The third-order valence-corrected chi connectivity index (χ3v) is 5.45. The molecule has 0 bridgehead atoms. The molecule has 1 aromatic heterocycles. The predicted octanol–water partition coefficient (Wildman–Crippen LogP) is 6.08. The van der Waals surface area contributed by atoms with Crippen molar-refractivity contribution in [2.75, 3.05) is 20.2 Å². The van der Waals surface area contributed by atoms with E-state index < -0.39 is 0 Å². The summed E-state index contributed by atoms with van der Waals surface area (Å²) < 4.78 is 4.94. The second-order valence-corrected chi connectivity index (χ2v) is 9.52. The zero-order valence-corrected chi connectivity index (χ0v) is 21.5. The number of aromatic nitrogens is 2. The summed E-state index contributed by atoms with van der Waals surface area (Å²) in [5.41, 5.74) is 2.85. The second-order valence-electron chi connectivity index (χ2n) is 8.65. The Hall–Kier alpha value is -2.67. The summed E-state index contributed by atoms with van der Waals surface area (Å²) in [7, 11) is 1.71. The minimum Gasteiger partial charge on any atom is -0.379 e. The van der Waals surface area contributed by atoms with Gasteiger partial charge in [0.05, 0.1) is 23.2 Å². The van der Waals surface area contributed by atoms with Crippen molar-refractivity contribution in [2.45, 2.75) is 39.2 Å². The number of halogens is 2. The highest BCUT2D eigenvalue weighted by atomic mass is 35.5. The van der Waals surface area contributed by atoms with Gasteiger partial charge in [0, 0.05) is 41.4 Å².